The molecular formula is C19H28N3O2S+. The molecule has 2 rings (SSSR count). The molecule has 0 radical (unpaired) electrons. The highest BCUT2D eigenvalue weighted by Crippen LogP contribution is 2.00. The number of thiocarbonyl (C=S) groups is 1. The molecule has 2 N–H and O–H groups in total. The van der Waals surface area contributed by atoms with Crippen molar-refractivity contribution < 1.29 is 14.4 Å². The molecule has 136 valence electrons. The van der Waals surface area contributed by atoms with Crippen LogP contribution in [0.2, 0.25) is 0 Å². The number of carbonyl (C=O) groups excluding carboxylic acids is 1. The standard InChI is InChI=1S/C19H27N3O2S/c1-24-18(23)10-5-11-20-19(25)22-15-13-21(14-16-22)12-6-9-17-7-3-2-4-8-17/h2-4,6-9H,5,10-16H2,1H3,(H,20,25)/p+1/b9-6+. The van der Waals surface area contributed by atoms with Crippen molar-refractivity contribution in [3.8, 4) is 0 Å². The van der Waals surface area contributed by atoms with Crippen LogP contribution in [-0.4, -0.2) is 62.4 Å². The Bertz CT molecular complexity index is 569. The molecule has 1 heterocycles. The molecule has 1 aromatic carbocycles. The summed E-state index contributed by atoms with van der Waals surface area (Å²) in [4.78, 5) is 14.9. The van der Waals surface area contributed by atoms with Gasteiger partial charge >= 0.3 is 5.97 Å². The molecule has 1 fully saturated rings. The van der Waals surface area contributed by atoms with E-state index in [-0.39, 0.29) is 5.97 Å². The molecule has 0 unspecified atom stereocenters. The van der Waals surface area contributed by atoms with Gasteiger partial charge in [-0.05, 0) is 30.3 Å². The molecule has 0 bridgehead atoms. The molecule has 1 aromatic rings. The number of methoxy groups -OCH3 is 1. The second-order valence-corrected chi connectivity index (χ2v) is 6.55. The molecule has 0 saturated carbocycles. The quantitative estimate of drug-likeness (QED) is 0.425. The predicted octanol–water partition coefficient (Wildman–Crippen LogP) is 0.728. The summed E-state index contributed by atoms with van der Waals surface area (Å²) in [6.07, 6.45) is 5.61. The van der Waals surface area contributed by atoms with Crippen LogP contribution in [-0.2, 0) is 9.53 Å². The number of benzene rings is 1. The molecule has 1 saturated heterocycles. The molecule has 25 heavy (non-hydrogen) atoms. The Morgan fingerprint density at radius 1 is 1.32 bits per heavy atom. The molecule has 0 aliphatic carbocycles. The Labute approximate surface area is 155 Å². The number of rotatable bonds is 7. The lowest BCUT2D eigenvalue weighted by Gasteiger charge is -2.33. The number of ether oxygens (including phenoxy) is 1. The van der Waals surface area contributed by atoms with Crippen molar-refractivity contribution in [2.45, 2.75) is 12.8 Å². The van der Waals surface area contributed by atoms with Crippen molar-refractivity contribution >= 4 is 29.4 Å². The number of hydrogen-bond donors (Lipinski definition) is 2. The summed E-state index contributed by atoms with van der Waals surface area (Å²) in [6, 6.07) is 10.4. The highest BCUT2D eigenvalue weighted by atomic mass is 32.1. The topological polar surface area (TPSA) is 46.0 Å². The van der Waals surface area contributed by atoms with Crippen LogP contribution in [0.5, 0.6) is 0 Å². The van der Waals surface area contributed by atoms with E-state index in [1.165, 1.54) is 12.7 Å². The van der Waals surface area contributed by atoms with E-state index in [1.807, 2.05) is 6.07 Å². The monoisotopic (exact) mass is 362 g/mol. The third-order valence-electron chi connectivity index (χ3n) is 4.34. The Kier molecular flexibility index (Phi) is 8.42. The fraction of sp³-hybridized carbons (Fsp3) is 0.474. The number of piperazine rings is 1. The van der Waals surface area contributed by atoms with Gasteiger partial charge in [-0.1, -0.05) is 36.4 Å². The van der Waals surface area contributed by atoms with E-state index in [0.29, 0.717) is 13.0 Å². The molecular weight excluding hydrogens is 334 g/mol. The van der Waals surface area contributed by atoms with Gasteiger partial charge < -0.3 is 19.9 Å². The number of nitrogens with zero attached hydrogens (tertiary/aromatic N) is 1. The predicted molar refractivity (Wildman–Crippen MR) is 104 cm³/mol. The molecule has 0 amide bonds. The van der Waals surface area contributed by atoms with Crippen molar-refractivity contribution in [3.05, 3.63) is 42.0 Å². The van der Waals surface area contributed by atoms with Crippen LogP contribution in [0.15, 0.2) is 36.4 Å². The lowest BCUT2D eigenvalue weighted by molar-refractivity contribution is -0.897. The molecule has 1 aliphatic rings. The minimum Gasteiger partial charge on any atom is -0.469 e. The van der Waals surface area contributed by atoms with Gasteiger partial charge in [0.2, 0.25) is 0 Å². The zero-order valence-electron chi connectivity index (χ0n) is 14.9. The number of esters is 1. The maximum atomic E-state index is 11.1. The first-order valence-electron chi connectivity index (χ1n) is 8.84. The first kappa shape index (κ1) is 19.4. The fourth-order valence-electron chi connectivity index (χ4n) is 2.80. The highest BCUT2D eigenvalue weighted by Gasteiger charge is 2.20. The lowest BCUT2D eigenvalue weighted by Crippen LogP contribution is -3.14. The van der Waals surface area contributed by atoms with Crippen LogP contribution in [0, 0.1) is 0 Å². The minimum atomic E-state index is -0.173. The van der Waals surface area contributed by atoms with Gasteiger partial charge in [-0.15, -0.1) is 0 Å². The van der Waals surface area contributed by atoms with Gasteiger partial charge in [-0.3, -0.25) is 4.79 Å². The van der Waals surface area contributed by atoms with Crippen LogP contribution >= 0.6 is 12.2 Å². The molecule has 0 atom stereocenters. The summed E-state index contributed by atoms with van der Waals surface area (Å²) in [6.45, 7) is 5.86. The molecule has 0 spiro atoms. The van der Waals surface area contributed by atoms with Crippen molar-refractivity contribution in [3.63, 3.8) is 0 Å². The normalized spacial score (nSPS) is 15.3. The molecule has 0 aromatic heterocycles. The van der Waals surface area contributed by atoms with Crippen molar-refractivity contribution in [2.75, 3.05) is 46.4 Å². The van der Waals surface area contributed by atoms with Crippen LogP contribution in [0.4, 0.5) is 0 Å². The smallest absolute Gasteiger partial charge is 0.305 e. The van der Waals surface area contributed by atoms with E-state index in [9.17, 15) is 4.79 Å². The van der Waals surface area contributed by atoms with Gasteiger partial charge in [-0.2, -0.15) is 0 Å². The van der Waals surface area contributed by atoms with Crippen LogP contribution in [0.3, 0.4) is 0 Å². The SMILES string of the molecule is COC(=O)CCCNC(=S)N1CC[NH+](C/C=C/c2ccccc2)CC1. The van der Waals surface area contributed by atoms with Crippen LogP contribution in [0.1, 0.15) is 18.4 Å². The van der Waals surface area contributed by atoms with E-state index in [4.69, 9.17) is 12.2 Å². The Morgan fingerprint density at radius 2 is 2.04 bits per heavy atom. The average Bonchev–Trinajstić information content (AvgIpc) is 2.66. The third-order valence-corrected chi connectivity index (χ3v) is 4.74. The largest absolute Gasteiger partial charge is 0.469 e. The zero-order valence-corrected chi connectivity index (χ0v) is 15.7. The molecule has 1 aliphatic heterocycles. The second kappa shape index (κ2) is 10.8. The van der Waals surface area contributed by atoms with Gasteiger partial charge in [0.1, 0.15) is 0 Å². The zero-order chi connectivity index (χ0) is 17.9. The highest BCUT2D eigenvalue weighted by molar-refractivity contribution is 7.80. The maximum Gasteiger partial charge on any atom is 0.305 e. The van der Waals surface area contributed by atoms with Gasteiger partial charge in [0.15, 0.2) is 5.11 Å². The summed E-state index contributed by atoms with van der Waals surface area (Å²) in [5.41, 5.74) is 1.25. The first-order valence-corrected chi connectivity index (χ1v) is 9.24. The summed E-state index contributed by atoms with van der Waals surface area (Å²) in [5.74, 6) is -0.173. The van der Waals surface area contributed by atoms with Crippen molar-refractivity contribution in [1.29, 1.82) is 0 Å². The summed E-state index contributed by atoms with van der Waals surface area (Å²) in [5, 5.41) is 4.03. The maximum absolute atomic E-state index is 11.1. The number of nitrogens with one attached hydrogen (secondary N) is 2. The Hall–Kier alpha value is -1.92. The van der Waals surface area contributed by atoms with Gasteiger partial charge in [0.25, 0.3) is 0 Å². The van der Waals surface area contributed by atoms with Gasteiger partial charge in [-0.25, -0.2) is 0 Å². The van der Waals surface area contributed by atoms with E-state index in [1.54, 1.807) is 4.90 Å². The van der Waals surface area contributed by atoms with E-state index >= 15 is 0 Å². The van der Waals surface area contributed by atoms with Crippen LogP contribution in [0.25, 0.3) is 6.08 Å². The second-order valence-electron chi connectivity index (χ2n) is 6.17. The number of quaternary nitrogens is 1. The third kappa shape index (κ3) is 7.23. The summed E-state index contributed by atoms with van der Waals surface area (Å²) >= 11 is 5.45. The van der Waals surface area contributed by atoms with Gasteiger partial charge in [0.05, 0.1) is 39.8 Å². The van der Waals surface area contributed by atoms with Crippen LogP contribution < -0.4 is 10.2 Å². The molecule has 6 heteroatoms. The molecule has 5 nitrogen and oxygen atoms in total. The minimum absolute atomic E-state index is 0.173. The van der Waals surface area contributed by atoms with E-state index < -0.39 is 0 Å². The van der Waals surface area contributed by atoms with Gasteiger partial charge in [0, 0.05) is 13.0 Å². The Balaban J connectivity index is 1.61. The lowest BCUT2D eigenvalue weighted by atomic mass is 10.2. The van der Waals surface area contributed by atoms with Crippen molar-refractivity contribution in [2.24, 2.45) is 0 Å². The number of hydrogen-bond acceptors (Lipinski definition) is 3. The fourth-order valence-corrected chi connectivity index (χ4v) is 3.08. The Morgan fingerprint density at radius 3 is 2.72 bits per heavy atom. The summed E-state index contributed by atoms with van der Waals surface area (Å²) < 4.78 is 4.63. The van der Waals surface area contributed by atoms with Crippen molar-refractivity contribution in [1.82, 2.24) is 10.2 Å². The first-order chi connectivity index (χ1) is 12.2. The van der Waals surface area contributed by atoms with E-state index in [2.05, 4.69) is 51.4 Å². The number of carbonyl (C=O) groups is 1. The average molecular weight is 363 g/mol. The summed E-state index contributed by atoms with van der Waals surface area (Å²) in [7, 11) is 1.41. The van der Waals surface area contributed by atoms with E-state index in [0.717, 1.165) is 44.3 Å².